The topological polar surface area (TPSA) is 92.4 Å². The van der Waals surface area contributed by atoms with Gasteiger partial charge in [-0.3, -0.25) is 9.59 Å². The van der Waals surface area contributed by atoms with E-state index in [0.717, 1.165) is 0 Å². The van der Waals surface area contributed by atoms with E-state index in [1.165, 1.54) is 12.3 Å². The fraction of sp³-hybridized carbons (Fsp3) is 0.364. The lowest BCUT2D eigenvalue weighted by atomic mass is 9.82. The summed E-state index contributed by atoms with van der Waals surface area (Å²) in [5.41, 5.74) is 0. The number of carbonyl (C=O) groups excluding carboxylic acids is 1. The highest BCUT2D eigenvalue weighted by molar-refractivity contribution is 5.94. The Bertz CT molecular complexity index is 438. The molecule has 6 nitrogen and oxygen atoms in total. The van der Waals surface area contributed by atoms with Gasteiger partial charge in [-0.2, -0.15) is 0 Å². The third-order valence-electron chi connectivity index (χ3n) is 2.78. The number of amides is 1. The van der Waals surface area contributed by atoms with Gasteiger partial charge < -0.3 is 14.9 Å². The standard InChI is InChI=1S/C11H12N2O4/c14-10(12-9-5-6-17-13-9)7-3-1-2-4-8(7)11(15)16/h1-2,5-8H,3-4H2,(H,15,16)(H,12,13,14)/t7-,8-/m1/s1. The number of carboxylic acid groups (broad SMARTS) is 1. The number of hydrogen-bond donors (Lipinski definition) is 2. The van der Waals surface area contributed by atoms with Crippen molar-refractivity contribution in [2.75, 3.05) is 5.32 Å². The Balaban J connectivity index is 2.07. The predicted octanol–water partition coefficient (Wildman–Crippen LogP) is 1.28. The Morgan fingerprint density at radius 1 is 1.35 bits per heavy atom. The van der Waals surface area contributed by atoms with E-state index in [0.29, 0.717) is 18.7 Å². The smallest absolute Gasteiger partial charge is 0.307 e. The van der Waals surface area contributed by atoms with E-state index in [2.05, 4.69) is 15.0 Å². The number of allylic oxidation sites excluding steroid dienone is 2. The Morgan fingerprint density at radius 3 is 2.65 bits per heavy atom. The fourth-order valence-electron chi connectivity index (χ4n) is 1.87. The highest BCUT2D eigenvalue weighted by Crippen LogP contribution is 2.26. The molecule has 90 valence electrons. The molecule has 0 spiro atoms. The van der Waals surface area contributed by atoms with Crippen LogP contribution in [0.2, 0.25) is 0 Å². The van der Waals surface area contributed by atoms with E-state index in [-0.39, 0.29) is 5.91 Å². The van der Waals surface area contributed by atoms with E-state index in [1.807, 2.05) is 6.08 Å². The number of nitrogens with one attached hydrogen (secondary N) is 1. The third-order valence-corrected chi connectivity index (χ3v) is 2.78. The second-order valence-electron chi connectivity index (χ2n) is 3.87. The lowest BCUT2D eigenvalue weighted by Crippen LogP contribution is -2.34. The van der Waals surface area contributed by atoms with E-state index < -0.39 is 17.8 Å². The van der Waals surface area contributed by atoms with Crippen LogP contribution in [0.1, 0.15) is 12.8 Å². The van der Waals surface area contributed by atoms with E-state index in [9.17, 15) is 9.59 Å². The molecule has 2 rings (SSSR count). The van der Waals surface area contributed by atoms with Crippen LogP contribution >= 0.6 is 0 Å². The molecule has 0 bridgehead atoms. The molecule has 0 saturated heterocycles. The first kappa shape index (κ1) is 11.4. The van der Waals surface area contributed by atoms with E-state index in [4.69, 9.17) is 5.11 Å². The van der Waals surface area contributed by atoms with Gasteiger partial charge in [-0.1, -0.05) is 17.3 Å². The van der Waals surface area contributed by atoms with Crippen LogP contribution in [0.3, 0.4) is 0 Å². The molecule has 1 aromatic heterocycles. The van der Waals surface area contributed by atoms with Crippen LogP contribution in [0.4, 0.5) is 5.82 Å². The summed E-state index contributed by atoms with van der Waals surface area (Å²) in [6.07, 6.45) is 5.77. The van der Waals surface area contributed by atoms with Gasteiger partial charge in [-0.15, -0.1) is 0 Å². The molecular formula is C11H12N2O4. The maximum absolute atomic E-state index is 11.9. The van der Waals surface area contributed by atoms with Gasteiger partial charge in [0.15, 0.2) is 5.82 Å². The van der Waals surface area contributed by atoms with Crippen molar-refractivity contribution in [2.45, 2.75) is 12.8 Å². The van der Waals surface area contributed by atoms with Crippen LogP contribution in [0, 0.1) is 11.8 Å². The number of anilines is 1. The molecule has 0 radical (unpaired) electrons. The summed E-state index contributed by atoms with van der Waals surface area (Å²) in [6, 6.07) is 1.51. The first-order chi connectivity index (χ1) is 8.18. The Hall–Kier alpha value is -2.11. The average molecular weight is 236 g/mol. The zero-order valence-electron chi connectivity index (χ0n) is 9.00. The quantitative estimate of drug-likeness (QED) is 0.771. The molecule has 1 aliphatic rings. The molecule has 0 aromatic carbocycles. The van der Waals surface area contributed by atoms with Crippen molar-refractivity contribution in [3.05, 3.63) is 24.5 Å². The van der Waals surface area contributed by atoms with Crippen LogP contribution < -0.4 is 5.32 Å². The van der Waals surface area contributed by atoms with Gasteiger partial charge in [0.25, 0.3) is 0 Å². The lowest BCUT2D eigenvalue weighted by Gasteiger charge is -2.23. The number of aliphatic carboxylic acids is 1. The van der Waals surface area contributed by atoms with Gasteiger partial charge in [0.2, 0.25) is 5.91 Å². The lowest BCUT2D eigenvalue weighted by molar-refractivity contribution is -0.146. The normalized spacial score (nSPS) is 23.3. The summed E-state index contributed by atoms with van der Waals surface area (Å²) in [6.45, 7) is 0. The molecule has 2 atom stereocenters. The Kier molecular flexibility index (Phi) is 3.22. The molecule has 0 unspecified atom stereocenters. The van der Waals surface area contributed by atoms with Crippen LogP contribution in [-0.4, -0.2) is 22.1 Å². The molecule has 6 heteroatoms. The van der Waals surface area contributed by atoms with Crippen molar-refractivity contribution in [3.63, 3.8) is 0 Å². The minimum atomic E-state index is -0.949. The summed E-state index contributed by atoms with van der Waals surface area (Å²) >= 11 is 0. The van der Waals surface area contributed by atoms with Crippen molar-refractivity contribution in [2.24, 2.45) is 11.8 Å². The molecule has 2 N–H and O–H groups in total. The number of aromatic nitrogens is 1. The SMILES string of the molecule is O=C(O)[C@@H]1CC=CC[C@H]1C(=O)Nc1ccon1. The molecule has 0 saturated carbocycles. The molecule has 1 aromatic rings. The summed E-state index contributed by atoms with van der Waals surface area (Å²) < 4.78 is 4.58. The fourth-order valence-corrected chi connectivity index (χ4v) is 1.87. The second-order valence-corrected chi connectivity index (χ2v) is 3.87. The monoisotopic (exact) mass is 236 g/mol. The largest absolute Gasteiger partial charge is 0.481 e. The van der Waals surface area contributed by atoms with Gasteiger partial charge >= 0.3 is 5.97 Å². The minimum absolute atomic E-state index is 0.300. The molecule has 0 aliphatic heterocycles. The summed E-state index contributed by atoms with van der Waals surface area (Å²) in [7, 11) is 0. The minimum Gasteiger partial charge on any atom is -0.481 e. The van der Waals surface area contributed by atoms with Crippen LogP contribution in [0.25, 0.3) is 0 Å². The van der Waals surface area contributed by atoms with Gasteiger partial charge in [0.05, 0.1) is 11.8 Å². The van der Waals surface area contributed by atoms with Crippen molar-refractivity contribution >= 4 is 17.7 Å². The molecule has 1 amide bonds. The Labute approximate surface area is 97.3 Å². The third kappa shape index (κ3) is 2.52. The molecule has 17 heavy (non-hydrogen) atoms. The number of carboxylic acids is 1. The summed E-state index contributed by atoms with van der Waals surface area (Å²) in [5.74, 6) is -2.22. The number of hydrogen-bond acceptors (Lipinski definition) is 4. The predicted molar refractivity (Wildman–Crippen MR) is 58.1 cm³/mol. The first-order valence-corrected chi connectivity index (χ1v) is 5.27. The number of nitrogens with zero attached hydrogens (tertiary/aromatic N) is 1. The zero-order valence-corrected chi connectivity index (χ0v) is 9.00. The van der Waals surface area contributed by atoms with Crippen molar-refractivity contribution < 1.29 is 19.2 Å². The Morgan fingerprint density at radius 2 is 2.06 bits per heavy atom. The highest BCUT2D eigenvalue weighted by Gasteiger charge is 2.34. The highest BCUT2D eigenvalue weighted by atomic mass is 16.5. The summed E-state index contributed by atoms with van der Waals surface area (Å²) in [5, 5.41) is 15.1. The number of carbonyl (C=O) groups is 2. The van der Waals surface area contributed by atoms with Crippen molar-refractivity contribution in [1.82, 2.24) is 5.16 Å². The van der Waals surface area contributed by atoms with Crippen LogP contribution in [0.15, 0.2) is 29.0 Å². The van der Waals surface area contributed by atoms with Gasteiger partial charge in [0.1, 0.15) is 6.26 Å². The van der Waals surface area contributed by atoms with E-state index in [1.54, 1.807) is 6.08 Å². The average Bonchev–Trinajstić information content (AvgIpc) is 2.81. The maximum atomic E-state index is 11.9. The zero-order chi connectivity index (χ0) is 12.3. The summed E-state index contributed by atoms with van der Waals surface area (Å²) in [4.78, 5) is 22.9. The van der Waals surface area contributed by atoms with Crippen LogP contribution in [0.5, 0.6) is 0 Å². The molecule has 1 aliphatic carbocycles. The van der Waals surface area contributed by atoms with E-state index >= 15 is 0 Å². The molecule has 0 fully saturated rings. The van der Waals surface area contributed by atoms with Crippen molar-refractivity contribution in [3.8, 4) is 0 Å². The van der Waals surface area contributed by atoms with Crippen LogP contribution in [-0.2, 0) is 9.59 Å². The molecular weight excluding hydrogens is 224 g/mol. The second kappa shape index (κ2) is 4.82. The maximum Gasteiger partial charge on any atom is 0.307 e. The van der Waals surface area contributed by atoms with Gasteiger partial charge in [-0.25, -0.2) is 0 Å². The van der Waals surface area contributed by atoms with Gasteiger partial charge in [-0.05, 0) is 12.8 Å². The first-order valence-electron chi connectivity index (χ1n) is 5.27. The van der Waals surface area contributed by atoms with Gasteiger partial charge in [0, 0.05) is 6.07 Å². The number of rotatable bonds is 3. The van der Waals surface area contributed by atoms with Crippen molar-refractivity contribution in [1.29, 1.82) is 0 Å². The molecule has 1 heterocycles.